The molecule has 18 heavy (non-hydrogen) atoms. The van der Waals surface area contributed by atoms with Gasteiger partial charge in [-0.3, -0.25) is 4.79 Å². The zero-order valence-corrected chi connectivity index (χ0v) is 11.6. The normalized spacial score (nSPS) is 26.8. The number of hydrogen-bond acceptors (Lipinski definition) is 3. The fourth-order valence-electron chi connectivity index (χ4n) is 2.89. The highest BCUT2D eigenvalue weighted by Gasteiger charge is 2.42. The van der Waals surface area contributed by atoms with Crippen molar-refractivity contribution in [2.75, 3.05) is 19.8 Å². The van der Waals surface area contributed by atoms with Crippen LogP contribution in [0.5, 0.6) is 0 Å². The zero-order valence-electron chi connectivity index (χ0n) is 10.7. The molecule has 5 heteroatoms. The molecule has 1 heterocycles. The minimum atomic E-state index is -0.590. The van der Waals surface area contributed by atoms with Crippen LogP contribution in [0.25, 0.3) is 0 Å². The van der Waals surface area contributed by atoms with Crippen molar-refractivity contribution in [3.05, 3.63) is 0 Å². The highest BCUT2D eigenvalue weighted by atomic mass is 32.1. The summed E-state index contributed by atoms with van der Waals surface area (Å²) < 4.78 is 5.31. The van der Waals surface area contributed by atoms with Gasteiger partial charge >= 0.3 is 0 Å². The van der Waals surface area contributed by atoms with Gasteiger partial charge in [0.05, 0.1) is 17.0 Å². The van der Waals surface area contributed by atoms with Crippen LogP contribution in [0.4, 0.5) is 0 Å². The lowest BCUT2D eigenvalue weighted by atomic mass is 9.73. The summed E-state index contributed by atoms with van der Waals surface area (Å²) in [5, 5.41) is 3.03. The molecule has 1 aliphatic carbocycles. The fourth-order valence-corrected chi connectivity index (χ4v) is 3.19. The Morgan fingerprint density at radius 2 is 2.11 bits per heavy atom. The predicted molar refractivity (Wildman–Crippen MR) is 74.2 cm³/mol. The molecule has 3 N–H and O–H groups in total. The summed E-state index contributed by atoms with van der Waals surface area (Å²) in [6.45, 7) is 2.24. The number of nitrogens with two attached hydrogens (primary N) is 1. The first-order valence-electron chi connectivity index (χ1n) is 6.81. The fraction of sp³-hybridized carbons (Fsp3) is 0.846. The highest BCUT2D eigenvalue weighted by molar-refractivity contribution is 7.80. The predicted octanol–water partition coefficient (Wildman–Crippen LogP) is 1.38. The lowest BCUT2D eigenvalue weighted by molar-refractivity contribution is -0.129. The molecule has 0 spiro atoms. The first-order chi connectivity index (χ1) is 8.65. The van der Waals surface area contributed by atoms with Crippen LogP contribution in [0, 0.1) is 11.3 Å². The molecule has 1 unspecified atom stereocenters. The Morgan fingerprint density at radius 3 is 2.67 bits per heavy atom. The SMILES string of the molecule is NC(=S)C1(C(=O)NCC2CCOC2)CCCCC1. The van der Waals surface area contributed by atoms with Gasteiger partial charge in [-0.25, -0.2) is 0 Å². The Labute approximate surface area is 114 Å². The maximum atomic E-state index is 12.4. The number of amides is 1. The highest BCUT2D eigenvalue weighted by Crippen LogP contribution is 2.37. The van der Waals surface area contributed by atoms with Crippen molar-refractivity contribution in [3.8, 4) is 0 Å². The Kier molecular flexibility index (Phi) is 4.56. The number of rotatable bonds is 4. The van der Waals surface area contributed by atoms with E-state index < -0.39 is 5.41 Å². The van der Waals surface area contributed by atoms with Crippen molar-refractivity contribution in [1.29, 1.82) is 0 Å². The van der Waals surface area contributed by atoms with Gasteiger partial charge in [0.15, 0.2) is 0 Å². The van der Waals surface area contributed by atoms with Crippen LogP contribution in [0.15, 0.2) is 0 Å². The van der Waals surface area contributed by atoms with Gasteiger partial charge in [-0.1, -0.05) is 31.5 Å². The number of nitrogens with one attached hydrogen (secondary N) is 1. The molecule has 0 radical (unpaired) electrons. The van der Waals surface area contributed by atoms with Crippen LogP contribution in [-0.4, -0.2) is 30.7 Å². The van der Waals surface area contributed by atoms with E-state index >= 15 is 0 Å². The standard InChI is InChI=1S/C13H22N2O2S/c14-11(18)13(5-2-1-3-6-13)12(16)15-8-10-4-7-17-9-10/h10H,1-9H2,(H2,14,18)(H,15,16). The third-order valence-corrected chi connectivity index (χ3v) is 4.58. The number of carbonyl (C=O) groups is 1. The van der Waals surface area contributed by atoms with Crippen molar-refractivity contribution in [2.24, 2.45) is 17.1 Å². The molecule has 1 saturated heterocycles. The van der Waals surface area contributed by atoms with Crippen LogP contribution in [0.2, 0.25) is 0 Å². The molecule has 102 valence electrons. The summed E-state index contributed by atoms with van der Waals surface area (Å²) in [5.74, 6) is 0.475. The molecule has 0 bridgehead atoms. The first kappa shape index (κ1) is 13.7. The smallest absolute Gasteiger partial charge is 0.233 e. The van der Waals surface area contributed by atoms with Gasteiger partial charge in [0.1, 0.15) is 0 Å². The van der Waals surface area contributed by atoms with E-state index in [-0.39, 0.29) is 5.91 Å². The van der Waals surface area contributed by atoms with Crippen molar-refractivity contribution < 1.29 is 9.53 Å². The van der Waals surface area contributed by atoms with E-state index in [1.54, 1.807) is 0 Å². The van der Waals surface area contributed by atoms with Crippen LogP contribution < -0.4 is 11.1 Å². The van der Waals surface area contributed by atoms with Gasteiger partial charge in [0.25, 0.3) is 0 Å². The zero-order chi connectivity index (χ0) is 13.0. The summed E-state index contributed by atoms with van der Waals surface area (Å²) in [5.41, 5.74) is 5.24. The molecule has 4 nitrogen and oxygen atoms in total. The molecule has 1 atom stereocenters. The summed E-state index contributed by atoms with van der Waals surface area (Å²) in [6, 6.07) is 0. The molecule has 0 aromatic heterocycles. The molecular formula is C13H22N2O2S. The monoisotopic (exact) mass is 270 g/mol. The van der Waals surface area contributed by atoms with Crippen LogP contribution in [0.1, 0.15) is 38.5 Å². The third-order valence-electron chi connectivity index (χ3n) is 4.19. The van der Waals surface area contributed by atoms with E-state index in [9.17, 15) is 4.79 Å². The Bertz CT molecular complexity index is 321. The van der Waals surface area contributed by atoms with Crippen LogP contribution in [0.3, 0.4) is 0 Å². The number of hydrogen-bond donors (Lipinski definition) is 2. The molecule has 1 saturated carbocycles. The Balaban J connectivity index is 1.93. The summed E-state index contributed by atoms with van der Waals surface area (Å²) in [7, 11) is 0. The van der Waals surface area contributed by atoms with Gasteiger partial charge in [0, 0.05) is 19.1 Å². The second-order valence-corrected chi connectivity index (χ2v) is 5.89. The van der Waals surface area contributed by atoms with Crippen molar-refractivity contribution >= 4 is 23.1 Å². The van der Waals surface area contributed by atoms with Crippen molar-refractivity contribution in [1.82, 2.24) is 5.32 Å². The molecule has 1 amide bonds. The average Bonchev–Trinajstić information content (AvgIpc) is 2.89. The second kappa shape index (κ2) is 5.97. The lowest BCUT2D eigenvalue weighted by Crippen LogP contribution is -2.50. The lowest BCUT2D eigenvalue weighted by Gasteiger charge is -2.35. The molecule has 0 aromatic rings. The van der Waals surface area contributed by atoms with Gasteiger partial charge in [-0.2, -0.15) is 0 Å². The largest absolute Gasteiger partial charge is 0.392 e. The van der Waals surface area contributed by atoms with Crippen molar-refractivity contribution in [3.63, 3.8) is 0 Å². The molecular weight excluding hydrogens is 248 g/mol. The van der Waals surface area contributed by atoms with Gasteiger partial charge in [0.2, 0.25) is 5.91 Å². The minimum Gasteiger partial charge on any atom is -0.392 e. The van der Waals surface area contributed by atoms with E-state index in [0.29, 0.717) is 17.5 Å². The Morgan fingerprint density at radius 1 is 1.39 bits per heavy atom. The van der Waals surface area contributed by atoms with E-state index in [1.165, 1.54) is 6.42 Å². The molecule has 2 rings (SSSR count). The molecule has 2 fully saturated rings. The molecule has 0 aromatic carbocycles. The van der Waals surface area contributed by atoms with E-state index in [2.05, 4.69) is 5.32 Å². The number of ether oxygens (including phenoxy) is 1. The van der Waals surface area contributed by atoms with E-state index in [4.69, 9.17) is 22.7 Å². The van der Waals surface area contributed by atoms with Crippen molar-refractivity contribution in [2.45, 2.75) is 38.5 Å². The van der Waals surface area contributed by atoms with Gasteiger partial charge in [-0.15, -0.1) is 0 Å². The maximum Gasteiger partial charge on any atom is 0.233 e. The molecule has 1 aliphatic heterocycles. The average molecular weight is 270 g/mol. The van der Waals surface area contributed by atoms with Gasteiger partial charge in [-0.05, 0) is 19.3 Å². The summed E-state index contributed by atoms with van der Waals surface area (Å²) in [4.78, 5) is 12.8. The minimum absolute atomic E-state index is 0.0293. The van der Waals surface area contributed by atoms with E-state index in [0.717, 1.165) is 45.3 Å². The first-order valence-corrected chi connectivity index (χ1v) is 7.22. The Hall–Kier alpha value is -0.680. The maximum absolute atomic E-state index is 12.4. The quantitative estimate of drug-likeness (QED) is 0.757. The summed E-state index contributed by atoms with van der Waals surface area (Å²) >= 11 is 5.15. The number of carbonyl (C=O) groups excluding carboxylic acids is 1. The topological polar surface area (TPSA) is 64.4 Å². The summed E-state index contributed by atoms with van der Waals surface area (Å²) in [6.07, 6.45) is 5.88. The third kappa shape index (κ3) is 2.83. The number of thiocarbonyl (C=S) groups is 1. The van der Waals surface area contributed by atoms with Crippen LogP contribution >= 0.6 is 12.2 Å². The molecule has 2 aliphatic rings. The van der Waals surface area contributed by atoms with E-state index in [1.807, 2.05) is 0 Å². The second-order valence-electron chi connectivity index (χ2n) is 5.45. The van der Waals surface area contributed by atoms with Gasteiger partial charge < -0.3 is 15.8 Å². The van der Waals surface area contributed by atoms with Crippen LogP contribution in [-0.2, 0) is 9.53 Å².